The summed E-state index contributed by atoms with van der Waals surface area (Å²) in [5, 5.41) is 11.2. The van der Waals surface area contributed by atoms with Crippen LogP contribution >= 0.6 is 0 Å². The van der Waals surface area contributed by atoms with E-state index < -0.39 is 17.7 Å². The maximum Gasteiger partial charge on any atom is 0.300 e. The number of anilines is 1. The number of carbonyl (C=O) groups excluding carboxylic acids is 2. The Morgan fingerprint density at radius 3 is 2.30 bits per heavy atom. The largest absolute Gasteiger partial charge is 0.507 e. The Bertz CT molecular complexity index is 1210. The number of methoxy groups -OCH3 is 1. The van der Waals surface area contributed by atoms with Crippen LogP contribution in [0.4, 0.5) is 5.69 Å². The number of rotatable bonds is 6. The average Bonchev–Trinajstić information content (AvgIpc) is 3.10. The Balaban J connectivity index is 1.90. The normalized spacial score (nSPS) is 17.3. The minimum atomic E-state index is -0.797. The first-order valence-corrected chi connectivity index (χ1v) is 10.7. The van der Waals surface area contributed by atoms with E-state index in [-0.39, 0.29) is 11.3 Å². The van der Waals surface area contributed by atoms with Gasteiger partial charge in [0.15, 0.2) is 0 Å². The quantitative estimate of drug-likeness (QED) is 0.329. The van der Waals surface area contributed by atoms with E-state index in [1.54, 1.807) is 67.8 Å². The van der Waals surface area contributed by atoms with Gasteiger partial charge in [0, 0.05) is 11.3 Å². The van der Waals surface area contributed by atoms with Gasteiger partial charge in [0.05, 0.1) is 25.3 Å². The van der Waals surface area contributed by atoms with Crippen LogP contribution in [0.3, 0.4) is 0 Å². The number of ether oxygens (including phenoxy) is 2. The predicted octanol–water partition coefficient (Wildman–Crippen LogP) is 5.03. The molecule has 0 radical (unpaired) electrons. The van der Waals surface area contributed by atoms with Crippen LogP contribution in [0.15, 0.2) is 78.4 Å². The topological polar surface area (TPSA) is 76.1 Å². The van der Waals surface area contributed by atoms with Gasteiger partial charge in [-0.15, -0.1) is 0 Å². The maximum absolute atomic E-state index is 13.2. The van der Waals surface area contributed by atoms with Gasteiger partial charge in [-0.1, -0.05) is 42.0 Å². The molecule has 33 heavy (non-hydrogen) atoms. The molecule has 0 aliphatic carbocycles. The number of Topliss-reactive ketones (excluding diaryl/α,β-unsaturated/α-hetero) is 1. The van der Waals surface area contributed by atoms with Crippen LogP contribution in [0, 0.1) is 6.92 Å². The van der Waals surface area contributed by atoms with E-state index in [0.717, 1.165) is 5.56 Å². The second-order valence-electron chi connectivity index (χ2n) is 7.74. The van der Waals surface area contributed by atoms with Crippen molar-refractivity contribution in [1.29, 1.82) is 0 Å². The molecule has 6 nitrogen and oxygen atoms in total. The lowest BCUT2D eigenvalue weighted by molar-refractivity contribution is -0.132. The summed E-state index contributed by atoms with van der Waals surface area (Å²) in [5.41, 5.74) is 2.72. The zero-order valence-electron chi connectivity index (χ0n) is 18.7. The third-order valence-corrected chi connectivity index (χ3v) is 5.61. The van der Waals surface area contributed by atoms with Crippen LogP contribution < -0.4 is 14.4 Å². The molecule has 0 aromatic heterocycles. The van der Waals surface area contributed by atoms with E-state index in [1.165, 1.54) is 4.90 Å². The molecule has 1 atom stereocenters. The molecule has 4 rings (SSSR count). The van der Waals surface area contributed by atoms with Crippen LogP contribution in [-0.4, -0.2) is 30.5 Å². The number of ketones is 1. The molecule has 1 aliphatic heterocycles. The lowest BCUT2D eigenvalue weighted by Crippen LogP contribution is -2.29. The fourth-order valence-electron chi connectivity index (χ4n) is 3.96. The Labute approximate surface area is 192 Å². The average molecular weight is 443 g/mol. The zero-order chi connectivity index (χ0) is 23.5. The minimum absolute atomic E-state index is 0.0272. The highest BCUT2D eigenvalue weighted by molar-refractivity contribution is 6.51. The fraction of sp³-hybridized carbons (Fsp3) is 0.185. The molecule has 0 bridgehead atoms. The number of benzene rings is 3. The molecule has 0 saturated carbocycles. The van der Waals surface area contributed by atoms with Crippen molar-refractivity contribution in [3.05, 3.63) is 95.1 Å². The third-order valence-electron chi connectivity index (χ3n) is 5.61. The molecule has 6 heteroatoms. The molecule has 1 aliphatic rings. The second kappa shape index (κ2) is 9.20. The molecular weight excluding hydrogens is 418 g/mol. The van der Waals surface area contributed by atoms with Crippen molar-refractivity contribution in [3.8, 4) is 11.5 Å². The van der Waals surface area contributed by atoms with Crippen molar-refractivity contribution in [2.45, 2.75) is 19.9 Å². The molecule has 1 unspecified atom stereocenters. The number of hydrogen-bond donors (Lipinski definition) is 1. The first-order valence-electron chi connectivity index (χ1n) is 10.7. The van der Waals surface area contributed by atoms with E-state index in [9.17, 15) is 14.7 Å². The summed E-state index contributed by atoms with van der Waals surface area (Å²) in [4.78, 5) is 27.9. The van der Waals surface area contributed by atoms with Crippen LogP contribution in [-0.2, 0) is 9.59 Å². The standard InChI is InChI=1S/C27H25NO5/c1-4-33-22-7-5-6-19(16-22)25(29)23-24(18-10-14-21(32-3)15-11-18)28(27(31)26(23)30)20-12-8-17(2)9-13-20/h5-16,24,29H,4H2,1-3H3/b25-23-. The maximum atomic E-state index is 13.2. The molecule has 1 amide bonds. The molecule has 168 valence electrons. The summed E-state index contributed by atoms with van der Waals surface area (Å²) >= 11 is 0. The summed E-state index contributed by atoms with van der Waals surface area (Å²) < 4.78 is 10.8. The van der Waals surface area contributed by atoms with Gasteiger partial charge in [0.25, 0.3) is 11.7 Å². The van der Waals surface area contributed by atoms with Gasteiger partial charge in [-0.2, -0.15) is 0 Å². The molecule has 1 fully saturated rings. The van der Waals surface area contributed by atoms with Gasteiger partial charge in [-0.3, -0.25) is 14.5 Å². The number of carbonyl (C=O) groups is 2. The van der Waals surface area contributed by atoms with Crippen molar-refractivity contribution in [1.82, 2.24) is 0 Å². The van der Waals surface area contributed by atoms with E-state index in [4.69, 9.17) is 9.47 Å². The molecule has 3 aromatic rings. The van der Waals surface area contributed by atoms with Crippen LogP contribution in [0.25, 0.3) is 5.76 Å². The molecule has 1 saturated heterocycles. The van der Waals surface area contributed by atoms with Crippen molar-refractivity contribution in [2.75, 3.05) is 18.6 Å². The Morgan fingerprint density at radius 1 is 0.970 bits per heavy atom. The lowest BCUT2D eigenvalue weighted by Gasteiger charge is -2.25. The molecule has 0 spiro atoms. The van der Waals surface area contributed by atoms with E-state index in [1.807, 2.05) is 26.0 Å². The Morgan fingerprint density at radius 2 is 1.67 bits per heavy atom. The smallest absolute Gasteiger partial charge is 0.300 e. The monoisotopic (exact) mass is 443 g/mol. The Kier molecular flexibility index (Phi) is 6.18. The number of aliphatic hydroxyl groups excluding tert-OH is 1. The summed E-state index contributed by atoms with van der Waals surface area (Å²) in [6.07, 6.45) is 0. The van der Waals surface area contributed by atoms with Crippen molar-refractivity contribution in [3.63, 3.8) is 0 Å². The SMILES string of the molecule is CCOc1cccc(/C(O)=C2/C(=O)C(=O)N(c3ccc(C)cc3)C2c2ccc(OC)cc2)c1. The van der Waals surface area contributed by atoms with Gasteiger partial charge in [-0.25, -0.2) is 0 Å². The predicted molar refractivity (Wildman–Crippen MR) is 127 cm³/mol. The summed E-state index contributed by atoms with van der Waals surface area (Å²) in [6, 6.07) is 20.5. The molecule has 1 N–H and O–H groups in total. The number of hydrogen-bond acceptors (Lipinski definition) is 5. The summed E-state index contributed by atoms with van der Waals surface area (Å²) in [7, 11) is 1.57. The molecular formula is C27H25NO5. The summed E-state index contributed by atoms with van der Waals surface area (Å²) in [5.74, 6) is -0.464. The second-order valence-corrected chi connectivity index (χ2v) is 7.74. The van der Waals surface area contributed by atoms with Gasteiger partial charge < -0.3 is 14.6 Å². The van der Waals surface area contributed by atoms with Gasteiger partial charge in [0.1, 0.15) is 17.3 Å². The number of nitrogens with zero attached hydrogens (tertiary/aromatic N) is 1. The zero-order valence-corrected chi connectivity index (χ0v) is 18.7. The van der Waals surface area contributed by atoms with Gasteiger partial charge in [-0.05, 0) is 55.8 Å². The molecule has 3 aromatic carbocycles. The van der Waals surface area contributed by atoms with Crippen LogP contribution in [0.5, 0.6) is 11.5 Å². The molecule has 1 heterocycles. The lowest BCUT2D eigenvalue weighted by atomic mass is 9.95. The fourth-order valence-corrected chi connectivity index (χ4v) is 3.96. The van der Waals surface area contributed by atoms with Crippen LogP contribution in [0.2, 0.25) is 0 Å². The minimum Gasteiger partial charge on any atom is -0.507 e. The van der Waals surface area contributed by atoms with Crippen molar-refractivity contribution in [2.24, 2.45) is 0 Å². The highest BCUT2D eigenvalue weighted by Gasteiger charge is 2.47. The highest BCUT2D eigenvalue weighted by Crippen LogP contribution is 2.42. The summed E-state index contributed by atoms with van der Waals surface area (Å²) in [6.45, 7) is 4.28. The van der Waals surface area contributed by atoms with E-state index >= 15 is 0 Å². The first-order chi connectivity index (χ1) is 15.9. The van der Waals surface area contributed by atoms with Crippen LogP contribution in [0.1, 0.15) is 29.7 Å². The van der Waals surface area contributed by atoms with E-state index in [0.29, 0.717) is 34.9 Å². The van der Waals surface area contributed by atoms with E-state index in [2.05, 4.69) is 0 Å². The van der Waals surface area contributed by atoms with Crippen molar-refractivity contribution < 1.29 is 24.2 Å². The number of aryl methyl sites for hydroxylation is 1. The third kappa shape index (κ3) is 4.20. The van der Waals surface area contributed by atoms with Gasteiger partial charge in [0.2, 0.25) is 0 Å². The Hall–Kier alpha value is -4.06. The number of amides is 1. The van der Waals surface area contributed by atoms with Crippen molar-refractivity contribution >= 4 is 23.1 Å². The van der Waals surface area contributed by atoms with Gasteiger partial charge >= 0.3 is 0 Å². The highest BCUT2D eigenvalue weighted by atomic mass is 16.5. The first kappa shape index (κ1) is 22.1. The number of aliphatic hydroxyl groups is 1.